The summed E-state index contributed by atoms with van der Waals surface area (Å²) in [5.41, 5.74) is 0.515. The second-order valence-electron chi connectivity index (χ2n) is 3.97. The topological polar surface area (TPSA) is 83.9 Å². The smallest absolute Gasteiger partial charge is 0.349 e. The number of sulfonamides is 1. The second kappa shape index (κ2) is 6.47. The Hall–Kier alpha value is -0.960. The van der Waals surface area contributed by atoms with Gasteiger partial charge in [0.05, 0.1) is 7.11 Å². The number of rotatable bonds is 6. The van der Waals surface area contributed by atoms with Crippen molar-refractivity contribution in [2.75, 3.05) is 27.3 Å². The van der Waals surface area contributed by atoms with E-state index in [9.17, 15) is 13.2 Å². The van der Waals surface area contributed by atoms with Crippen molar-refractivity contribution in [1.82, 2.24) is 4.31 Å². The molecule has 0 aliphatic heterocycles. The van der Waals surface area contributed by atoms with E-state index in [1.54, 1.807) is 12.3 Å². The zero-order valence-corrected chi connectivity index (χ0v) is 12.7. The number of aliphatic hydroxyl groups excluding tert-OH is 1. The molecule has 0 bridgehead atoms. The molecule has 6 nitrogen and oxygen atoms in total. The van der Waals surface area contributed by atoms with Gasteiger partial charge < -0.3 is 9.84 Å². The maximum absolute atomic E-state index is 12.4. The number of carbonyl (C=O) groups excluding carboxylic acids is 1. The molecule has 0 saturated heterocycles. The molecule has 0 atom stereocenters. The lowest BCUT2D eigenvalue weighted by Gasteiger charge is -2.17. The highest BCUT2D eigenvalue weighted by molar-refractivity contribution is 7.89. The first kappa shape index (κ1) is 16.1. The summed E-state index contributed by atoms with van der Waals surface area (Å²) in [7, 11) is -1.12. The van der Waals surface area contributed by atoms with Gasteiger partial charge in [-0.25, -0.2) is 17.5 Å². The minimum atomic E-state index is -3.75. The lowest BCUT2D eigenvalue weighted by atomic mass is 10.3. The van der Waals surface area contributed by atoms with Crippen molar-refractivity contribution in [3.05, 3.63) is 15.8 Å². The van der Waals surface area contributed by atoms with Gasteiger partial charge in [0.1, 0.15) is 9.77 Å². The number of nitrogens with zero attached hydrogens (tertiary/aromatic N) is 1. The Bertz CT molecular complexity index is 549. The zero-order chi connectivity index (χ0) is 14.6. The molecule has 1 aromatic heterocycles. The molecule has 108 valence electrons. The number of hydrogen-bond donors (Lipinski definition) is 1. The highest BCUT2D eigenvalue weighted by Gasteiger charge is 2.30. The first-order valence-corrected chi connectivity index (χ1v) is 7.91. The molecule has 0 aromatic carbocycles. The Morgan fingerprint density at radius 1 is 1.53 bits per heavy atom. The van der Waals surface area contributed by atoms with Crippen LogP contribution in [0.5, 0.6) is 0 Å². The van der Waals surface area contributed by atoms with Crippen LogP contribution in [0.1, 0.15) is 21.7 Å². The number of methoxy groups -OCH3 is 1. The summed E-state index contributed by atoms with van der Waals surface area (Å²) in [5, 5.41) is 10.4. The van der Waals surface area contributed by atoms with Crippen molar-refractivity contribution >= 4 is 27.3 Å². The lowest BCUT2D eigenvalue weighted by Crippen LogP contribution is -2.29. The standard InChI is InChI=1S/C11H17NO5S2/c1-8-7-18-9(11(14)17-3)10(8)19(15,16)12(2)5-4-6-13/h7,13H,4-6H2,1-3H3. The van der Waals surface area contributed by atoms with Crippen molar-refractivity contribution in [2.45, 2.75) is 18.2 Å². The van der Waals surface area contributed by atoms with Gasteiger partial charge in [0.15, 0.2) is 0 Å². The van der Waals surface area contributed by atoms with Crippen molar-refractivity contribution in [3.8, 4) is 0 Å². The molecule has 0 spiro atoms. The lowest BCUT2D eigenvalue weighted by molar-refractivity contribution is 0.0602. The van der Waals surface area contributed by atoms with Gasteiger partial charge in [-0.05, 0) is 24.3 Å². The van der Waals surface area contributed by atoms with Gasteiger partial charge in [0, 0.05) is 20.2 Å². The van der Waals surface area contributed by atoms with Gasteiger partial charge >= 0.3 is 5.97 Å². The molecule has 0 aliphatic carbocycles. The number of thiophene rings is 1. The molecule has 0 radical (unpaired) electrons. The van der Waals surface area contributed by atoms with E-state index in [0.717, 1.165) is 15.6 Å². The van der Waals surface area contributed by atoms with Crippen LogP contribution in [0, 0.1) is 6.92 Å². The summed E-state index contributed by atoms with van der Waals surface area (Å²) < 4.78 is 30.5. The molecule has 0 saturated carbocycles. The predicted molar refractivity (Wildman–Crippen MR) is 71.9 cm³/mol. The second-order valence-corrected chi connectivity index (χ2v) is 6.83. The number of hydrogen-bond acceptors (Lipinski definition) is 6. The summed E-state index contributed by atoms with van der Waals surface area (Å²) in [6.45, 7) is 1.73. The van der Waals surface area contributed by atoms with Crippen LogP contribution in [0.15, 0.2) is 10.3 Å². The predicted octanol–water partition coefficient (Wildman–Crippen LogP) is 0.846. The number of carbonyl (C=O) groups is 1. The monoisotopic (exact) mass is 307 g/mol. The van der Waals surface area contributed by atoms with Crippen molar-refractivity contribution in [2.24, 2.45) is 0 Å². The zero-order valence-electron chi connectivity index (χ0n) is 11.0. The van der Waals surface area contributed by atoms with Gasteiger partial charge in [0.25, 0.3) is 0 Å². The summed E-state index contributed by atoms with van der Waals surface area (Å²) >= 11 is 1.05. The van der Waals surface area contributed by atoms with Crippen LogP contribution in [-0.2, 0) is 14.8 Å². The largest absolute Gasteiger partial charge is 0.465 e. The van der Waals surface area contributed by atoms with Crippen LogP contribution in [0.2, 0.25) is 0 Å². The normalized spacial score (nSPS) is 11.8. The highest BCUT2D eigenvalue weighted by Crippen LogP contribution is 2.29. The van der Waals surface area contributed by atoms with Crippen LogP contribution >= 0.6 is 11.3 Å². The van der Waals surface area contributed by atoms with Gasteiger partial charge in [-0.2, -0.15) is 0 Å². The van der Waals surface area contributed by atoms with Crippen molar-refractivity contribution < 1.29 is 23.1 Å². The number of esters is 1. The Labute approximate surface area is 116 Å². The van der Waals surface area contributed by atoms with Gasteiger partial charge in [-0.1, -0.05) is 0 Å². The molecular weight excluding hydrogens is 290 g/mol. The van der Waals surface area contributed by atoms with Crippen molar-refractivity contribution in [1.29, 1.82) is 0 Å². The number of ether oxygens (including phenoxy) is 1. The van der Waals surface area contributed by atoms with E-state index in [1.165, 1.54) is 14.2 Å². The van der Waals surface area contributed by atoms with E-state index in [1.807, 2.05) is 0 Å². The van der Waals surface area contributed by atoms with Crippen LogP contribution < -0.4 is 0 Å². The van der Waals surface area contributed by atoms with E-state index < -0.39 is 16.0 Å². The molecule has 0 fully saturated rings. The molecule has 1 heterocycles. The van der Waals surface area contributed by atoms with E-state index in [4.69, 9.17) is 5.11 Å². The van der Waals surface area contributed by atoms with Crippen LogP contribution in [-0.4, -0.2) is 51.1 Å². The van der Waals surface area contributed by atoms with Gasteiger partial charge in [0.2, 0.25) is 10.0 Å². The van der Waals surface area contributed by atoms with Gasteiger partial charge in [-0.3, -0.25) is 0 Å². The van der Waals surface area contributed by atoms with E-state index in [-0.39, 0.29) is 22.9 Å². The molecule has 1 N–H and O–H groups in total. The van der Waals surface area contributed by atoms with Crippen LogP contribution in [0.4, 0.5) is 0 Å². The molecule has 0 amide bonds. The fourth-order valence-corrected chi connectivity index (χ4v) is 4.42. The molecule has 1 aromatic rings. The molecular formula is C11H17NO5S2. The number of aryl methyl sites for hydroxylation is 1. The molecule has 0 aliphatic rings. The summed E-state index contributed by atoms with van der Waals surface area (Å²) in [5.74, 6) is -0.660. The molecule has 8 heteroatoms. The first-order valence-electron chi connectivity index (χ1n) is 5.59. The third kappa shape index (κ3) is 3.33. The summed E-state index contributed by atoms with van der Waals surface area (Å²) in [4.78, 5) is 11.7. The fourth-order valence-electron chi connectivity index (χ4n) is 1.56. The first-order chi connectivity index (χ1) is 8.86. The number of aliphatic hydroxyl groups is 1. The molecule has 19 heavy (non-hydrogen) atoms. The average Bonchev–Trinajstić information content (AvgIpc) is 2.77. The molecule has 0 unspecified atom stereocenters. The van der Waals surface area contributed by atoms with Gasteiger partial charge in [-0.15, -0.1) is 11.3 Å². The highest BCUT2D eigenvalue weighted by atomic mass is 32.2. The summed E-state index contributed by atoms with van der Waals surface area (Å²) in [6.07, 6.45) is 0.340. The third-order valence-electron chi connectivity index (χ3n) is 2.59. The van der Waals surface area contributed by atoms with E-state index in [2.05, 4.69) is 4.74 Å². The minimum Gasteiger partial charge on any atom is -0.465 e. The maximum atomic E-state index is 12.4. The Morgan fingerprint density at radius 2 is 2.16 bits per heavy atom. The van der Waals surface area contributed by atoms with E-state index in [0.29, 0.717) is 12.0 Å². The minimum absolute atomic E-state index is 0.00945. The molecule has 1 rings (SSSR count). The quantitative estimate of drug-likeness (QED) is 0.788. The third-order valence-corrected chi connectivity index (χ3v) is 5.84. The Kier molecular flexibility index (Phi) is 5.48. The van der Waals surface area contributed by atoms with Crippen molar-refractivity contribution in [3.63, 3.8) is 0 Å². The van der Waals surface area contributed by atoms with Crippen LogP contribution in [0.25, 0.3) is 0 Å². The SMILES string of the molecule is COC(=O)c1scc(C)c1S(=O)(=O)N(C)CCCO. The van der Waals surface area contributed by atoms with E-state index >= 15 is 0 Å². The Morgan fingerprint density at radius 3 is 2.68 bits per heavy atom. The fraction of sp³-hybridized carbons (Fsp3) is 0.545. The van der Waals surface area contributed by atoms with Crippen LogP contribution in [0.3, 0.4) is 0 Å². The summed E-state index contributed by atoms with van der Waals surface area (Å²) in [6, 6.07) is 0. The average molecular weight is 307 g/mol. The Balaban J connectivity index is 3.21. The maximum Gasteiger partial charge on any atom is 0.349 e.